The van der Waals surface area contributed by atoms with Crippen LogP contribution in [0, 0.1) is 0 Å². The summed E-state index contributed by atoms with van der Waals surface area (Å²) in [4.78, 5) is 11.7. The van der Waals surface area contributed by atoms with Gasteiger partial charge in [-0.25, -0.2) is 4.79 Å². The monoisotopic (exact) mass is 263 g/mol. The highest BCUT2D eigenvalue weighted by Crippen LogP contribution is 2.03. The number of rotatable bonds is 9. The van der Waals surface area contributed by atoms with Gasteiger partial charge in [-0.05, 0) is 25.5 Å². The molecule has 0 heterocycles. The quantitative estimate of drug-likeness (QED) is 0.548. The van der Waals surface area contributed by atoms with Gasteiger partial charge in [-0.1, -0.05) is 44.4 Å². The molecule has 1 N–H and O–H groups in total. The van der Waals surface area contributed by atoms with E-state index in [1.807, 2.05) is 18.2 Å². The molecule has 0 bridgehead atoms. The van der Waals surface area contributed by atoms with E-state index in [-0.39, 0.29) is 5.97 Å². The summed E-state index contributed by atoms with van der Waals surface area (Å²) in [5.74, 6) is -0.249. The third-order valence-corrected chi connectivity index (χ3v) is 3.08. The van der Waals surface area contributed by atoms with Crippen LogP contribution in [0.25, 0.3) is 0 Å². The normalized spacial score (nSPS) is 12.1. The van der Waals surface area contributed by atoms with Crippen LogP contribution in [0.15, 0.2) is 30.3 Å². The van der Waals surface area contributed by atoms with E-state index in [2.05, 4.69) is 19.2 Å². The number of carbonyl (C=O) groups is 1. The first-order valence-electron chi connectivity index (χ1n) is 7.19. The molecule has 0 saturated heterocycles. The van der Waals surface area contributed by atoms with Crippen molar-refractivity contribution >= 4 is 5.97 Å². The van der Waals surface area contributed by atoms with Gasteiger partial charge in [0.05, 0.1) is 5.56 Å². The SMILES string of the molecule is CCCCC[C@@H](C)NCCOC(=O)c1ccccc1. The Kier molecular flexibility index (Phi) is 7.91. The molecule has 0 aromatic heterocycles. The van der Waals surface area contributed by atoms with E-state index < -0.39 is 0 Å². The first kappa shape index (κ1) is 15.7. The van der Waals surface area contributed by atoms with Crippen LogP contribution in [-0.4, -0.2) is 25.2 Å². The fourth-order valence-electron chi connectivity index (χ4n) is 1.91. The van der Waals surface area contributed by atoms with E-state index >= 15 is 0 Å². The molecule has 0 aliphatic heterocycles. The molecule has 1 rings (SSSR count). The third kappa shape index (κ3) is 6.97. The molecule has 1 aromatic rings. The maximum absolute atomic E-state index is 11.7. The van der Waals surface area contributed by atoms with Crippen molar-refractivity contribution in [2.24, 2.45) is 0 Å². The van der Waals surface area contributed by atoms with Crippen LogP contribution in [0.2, 0.25) is 0 Å². The summed E-state index contributed by atoms with van der Waals surface area (Å²) in [6, 6.07) is 9.58. The molecule has 19 heavy (non-hydrogen) atoms. The van der Waals surface area contributed by atoms with Gasteiger partial charge in [0, 0.05) is 12.6 Å². The molecular weight excluding hydrogens is 238 g/mol. The predicted molar refractivity (Wildman–Crippen MR) is 78.3 cm³/mol. The molecule has 106 valence electrons. The van der Waals surface area contributed by atoms with Crippen molar-refractivity contribution < 1.29 is 9.53 Å². The average Bonchev–Trinajstić information content (AvgIpc) is 2.44. The molecule has 0 amide bonds. The number of hydrogen-bond donors (Lipinski definition) is 1. The second-order valence-electron chi connectivity index (χ2n) is 4.85. The Morgan fingerprint density at radius 3 is 2.68 bits per heavy atom. The number of unbranched alkanes of at least 4 members (excludes halogenated alkanes) is 2. The molecule has 0 fully saturated rings. The van der Waals surface area contributed by atoms with Crippen LogP contribution in [0.3, 0.4) is 0 Å². The first-order valence-corrected chi connectivity index (χ1v) is 7.19. The van der Waals surface area contributed by atoms with Crippen molar-refractivity contribution in [2.45, 2.75) is 45.6 Å². The lowest BCUT2D eigenvalue weighted by Gasteiger charge is -2.13. The van der Waals surface area contributed by atoms with Crippen molar-refractivity contribution in [1.82, 2.24) is 5.32 Å². The van der Waals surface area contributed by atoms with Crippen molar-refractivity contribution in [1.29, 1.82) is 0 Å². The highest BCUT2D eigenvalue weighted by atomic mass is 16.5. The summed E-state index contributed by atoms with van der Waals surface area (Å²) in [6.07, 6.45) is 4.98. The second-order valence-corrected chi connectivity index (χ2v) is 4.85. The van der Waals surface area contributed by atoms with E-state index in [0.717, 1.165) is 0 Å². The van der Waals surface area contributed by atoms with Crippen LogP contribution in [-0.2, 0) is 4.74 Å². The van der Waals surface area contributed by atoms with Crippen molar-refractivity contribution in [3.63, 3.8) is 0 Å². The summed E-state index contributed by atoms with van der Waals surface area (Å²) in [6.45, 7) is 5.52. The van der Waals surface area contributed by atoms with Crippen LogP contribution in [0.5, 0.6) is 0 Å². The van der Waals surface area contributed by atoms with Crippen LogP contribution in [0.4, 0.5) is 0 Å². The number of hydrogen-bond acceptors (Lipinski definition) is 3. The summed E-state index contributed by atoms with van der Waals surface area (Å²) in [5, 5.41) is 3.37. The molecule has 0 radical (unpaired) electrons. The fraction of sp³-hybridized carbons (Fsp3) is 0.562. The zero-order valence-corrected chi connectivity index (χ0v) is 12.0. The third-order valence-electron chi connectivity index (χ3n) is 3.08. The van der Waals surface area contributed by atoms with Gasteiger partial charge in [-0.15, -0.1) is 0 Å². The van der Waals surface area contributed by atoms with Crippen molar-refractivity contribution in [3.05, 3.63) is 35.9 Å². The van der Waals surface area contributed by atoms with Crippen LogP contribution < -0.4 is 5.32 Å². The number of benzene rings is 1. The number of ether oxygens (including phenoxy) is 1. The van der Waals surface area contributed by atoms with Gasteiger partial charge in [-0.3, -0.25) is 0 Å². The largest absolute Gasteiger partial charge is 0.461 e. The van der Waals surface area contributed by atoms with Gasteiger partial charge in [0.25, 0.3) is 0 Å². The number of nitrogens with one attached hydrogen (secondary N) is 1. The Morgan fingerprint density at radius 2 is 2.00 bits per heavy atom. The lowest BCUT2D eigenvalue weighted by atomic mass is 10.1. The highest BCUT2D eigenvalue weighted by molar-refractivity contribution is 5.89. The molecule has 0 spiro atoms. The zero-order chi connectivity index (χ0) is 13.9. The van der Waals surface area contributed by atoms with Crippen molar-refractivity contribution in [3.8, 4) is 0 Å². The molecule has 3 nitrogen and oxygen atoms in total. The summed E-state index contributed by atoms with van der Waals surface area (Å²) >= 11 is 0. The minimum Gasteiger partial charge on any atom is -0.461 e. The van der Waals surface area contributed by atoms with Gasteiger partial charge >= 0.3 is 5.97 Å². The van der Waals surface area contributed by atoms with Crippen LogP contribution in [0.1, 0.15) is 49.9 Å². The average molecular weight is 263 g/mol. The molecule has 1 atom stereocenters. The standard InChI is InChI=1S/C16H25NO2/c1-3-4-6-9-14(2)17-12-13-19-16(18)15-10-7-5-8-11-15/h5,7-8,10-11,14,17H,3-4,6,9,12-13H2,1-2H3/t14-/m1/s1. The minimum absolute atomic E-state index is 0.249. The molecular formula is C16H25NO2. The molecule has 1 aromatic carbocycles. The van der Waals surface area contributed by atoms with E-state index in [1.165, 1.54) is 25.7 Å². The molecule has 3 heteroatoms. The lowest BCUT2D eigenvalue weighted by molar-refractivity contribution is 0.0506. The lowest BCUT2D eigenvalue weighted by Crippen LogP contribution is -2.30. The van der Waals surface area contributed by atoms with E-state index in [1.54, 1.807) is 12.1 Å². The summed E-state index contributed by atoms with van der Waals surface area (Å²) in [5.41, 5.74) is 0.610. The van der Waals surface area contributed by atoms with Gasteiger partial charge in [0.1, 0.15) is 6.61 Å². The molecule has 0 aliphatic carbocycles. The summed E-state index contributed by atoms with van der Waals surface area (Å²) in [7, 11) is 0. The molecule has 0 saturated carbocycles. The smallest absolute Gasteiger partial charge is 0.338 e. The summed E-state index contributed by atoms with van der Waals surface area (Å²) < 4.78 is 5.20. The highest BCUT2D eigenvalue weighted by Gasteiger charge is 2.06. The van der Waals surface area contributed by atoms with Gasteiger partial charge in [-0.2, -0.15) is 0 Å². The Balaban J connectivity index is 2.09. The van der Waals surface area contributed by atoms with Crippen molar-refractivity contribution in [2.75, 3.05) is 13.2 Å². The number of carbonyl (C=O) groups excluding carboxylic acids is 1. The Morgan fingerprint density at radius 1 is 1.26 bits per heavy atom. The predicted octanol–water partition coefficient (Wildman–Crippen LogP) is 3.40. The van der Waals surface area contributed by atoms with Crippen LogP contribution >= 0.6 is 0 Å². The Bertz CT molecular complexity index is 351. The maximum Gasteiger partial charge on any atom is 0.338 e. The Hall–Kier alpha value is -1.35. The zero-order valence-electron chi connectivity index (χ0n) is 12.0. The fourth-order valence-corrected chi connectivity index (χ4v) is 1.91. The second kappa shape index (κ2) is 9.56. The first-order chi connectivity index (χ1) is 9.24. The van der Waals surface area contributed by atoms with E-state index in [0.29, 0.717) is 24.8 Å². The van der Waals surface area contributed by atoms with E-state index in [4.69, 9.17) is 4.74 Å². The van der Waals surface area contributed by atoms with Gasteiger partial charge in [0.15, 0.2) is 0 Å². The maximum atomic E-state index is 11.7. The topological polar surface area (TPSA) is 38.3 Å². The number of esters is 1. The van der Waals surface area contributed by atoms with E-state index in [9.17, 15) is 4.79 Å². The van der Waals surface area contributed by atoms with Gasteiger partial charge < -0.3 is 10.1 Å². The minimum atomic E-state index is -0.249. The molecule has 0 unspecified atom stereocenters. The Labute approximate surface area is 116 Å². The molecule has 0 aliphatic rings. The van der Waals surface area contributed by atoms with Gasteiger partial charge in [0.2, 0.25) is 0 Å².